The Balaban J connectivity index is 1.85. The van der Waals surface area contributed by atoms with Crippen molar-refractivity contribution >= 4 is 21.8 Å². The van der Waals surface area contributed by atoms with E-state index in [2.05, 4.69) is 34.2 Å². The lowest BCUT2D eigenvalue weighted by Gasteiger charge is -2.12. The van der Waals surface area contributed by atoms with Gasteiger partial charge in [-0.3, -0.25) is 4.79 Å². The maximum atomic E-state index is 11.9. The maximum Gasteiger partial charge on any atom is 0.220 e. The zero-order valence-electron chi connectivity index (χ0n) is 12.5. The fourth-order valence-electron chi connectivity index (χ4n) is 2.57. The Kier molecular flexibility index (Phi) is 6.06. The van der Waals surface area contributed by atoms with Crippen molar-refractivity contribution in [2.24, 2.45) is 11.7 Å². The first kappa shape index (κ1) is 16.3. The van der Waals surface area contributed by atoms with Crippen molar-refractivity contribution in [2.45, 2.75) is 39.2 Å². The third-order valence-corrected chi connectivity index (χ3v) is 4.28. The molecule has 4 nitrogen and oxygen atoms in total. The number of benzene rings is 1. The molecule has 1 atom stereocenters. The molecule has 0 aromatic heterocycles. The second kappa shape index (κ2) is 7.80. The number of carbonyl (C=O) groups excluding carboxylic acids is 1. The van der Waals surface area contributed by atoms with E-state index in [9.17, 15) is 4.79 Å². The standard InChI is InChI=1S/C16H23BrN2O2/c1-11(4-6-18)2-3-15(20)19-10-13-9-14(17)8-12-5-7-21-16(12)13/h8-9,11H,2-7,10,18H2,1H3,(H,19,20). The summed E-state index contributed by atoms with van der Waals surface area (Å²) in [6.45, 7) is 4.06. The Morgan fingerprint density at radius 3 is 3.05 bits per heavy atom. The van der Waals surface area contributed by atoms with E-state index < -0.39 is 0 Å². The topological polar surface area (TPSA) is 64.4 Å². The first-order valence-electron chi connectivity index (χ1n) is 7.51. The molecule has 2 rings (SSSR count). The second-order valence-corrected chi connectivity index (χ2v) is 6.57. The van der Waals surface area contributed by atoms with Gasteiger partial charge in [0, 0.05) is 29.4 Å². The van der Waals surface area contributed by atoms with Gasteiger partial charge in [0.25, 0.3) is 0 Å². The average Bonchev–Trinajstić information content (AvgIpc) is 2.91. The Hall–Kier alpha value is -1.07. The molecule has 116 valence electrons. The van der Waals surface area contributed by atoms with E-state index in [0.717, 1.165) is 41.7 Å². The van der Waals surface area contributed by atoms with Crippen LogP contribution in [0.5, 0.6) is 5.75 Å². The van der Waals surface area contributed by atoms with Crippen molar-refractivity contribution in [3.05, 3.63) is 27.7 Å². The molecule has 0 saturated carbocycles. The molecule has 1 unspecified atom stereocenters. The number of nitrogens with two attached hydrogens (primary N) is 1. The summed E-state index contributed by atoms with van der Waals surface area (Å²) in [6, 6.07) is 4.10. The van der Waals surface area contributed by atoms with Crippen molar-refractivity contribution in [2.75, 3.05) is 13.2 Å². The number of halogens is 1. The van der Waals surface area contributed by atoms with E-state index in [4.69, 9.17) is 10.5 Å². The highest BCUT2D eigenvalue weighted by molar-refractivity contribution is 9.10. The SMILES string of the molecule is CC(CCN)CCC(=O)NCc1cc(Br)cc2c1OCC2. The van der Waals surface area contributed by atoms with Crippen LogP contribution in [0.4, 0.5) is 0 Å². The average molecular weight is 355 g/mol. The largest absolute Gasteiger partial charge is 0.493 e. The number of fused-ring (bicyclic) bond motifs is 1. The molecule has 0 spiro atoms. The summed E-state index contributed by atoms with van der Waals surface area (Å²) in [5.41, 5.74) is 7.77. The van der Waals surface area contributed by atoms with Gasteiger partial charge in [-0.15, -0.1) is 0 Å². The first-order valence-corrected chi connectivity index (χ1v) is 8.30. The monoisotopic (exact) mass is 354 g/mol. The van der Waals surface area contributed by atoms with Crippen molar-refractivity contribution < 1.29 is 9.53 Å². The fourth-order valence-corrected chi connectivity index (χ4v) is 3.12. The van der Waals surface area contributed by atoms with Crippen LogP contribution in [0.3, 0.4) is 0 Å². The Morgan fingerprint density at radius 2 is 2.29 bits per heavy atom. The molecule has 0 bridgehead atoms. The third kappa shape index (κ3) is 4.71. The number of rotatable bonds is 7. The molecule has 1 heterocycles. The quantitative estimate of drug-likeness (QED) is 0.791. The smallest absolute Gasteiger partial charge is 0.220 e. The Labute approximate surface area is 134 Å². The summed E-state index contributed by atoms with van der Waals surface area (Å²) >= 11 is 3.51. The van der Waals surface area contributed by atoms with Crippen LogP contribution in [-0.2, 0) is 17.8 Å². The highest BCUT2D eigenvalue weighted by Gasteiger charge is 2.17. The number of hydrogen-bond acceptors (Lipinski definition) is 3. The molecule has 1 aliphatic heterocycles. The molecular formula is C16H23BrN2O2. The van der Waals surface area contributed by atoms with Crippen molar-refractivity contribution in [3.8, 4) is 5.75 Å². The van der Waals surface area contributed by atoms with Crippen LogP contribution < -0.4 is 15.8 Å². The number of hydrogen-bond donors (Lipinski definition) is 2. The van der Waals surface area contributed by atoms with Crippen molar-refractivity contribution in [1.82, 2.24) is 5.32 Å². The molecule has 1 aromatic rings. The third-order valence-electron chi connectivity index (χ3n) is 3.83. The second-order valence-electron chi connectivity index (χ2n) is 5.65. The van der Waals surface area contributed by atoms with Crippen LogP contribution >= 0.6 is 15.9 Å². The number of carbonyl (C=O) groups is 1. The molecular weight excluding hydrogens is 332 g/mol. The normalized spacial score (nSPS) is 14.4. The molecule has 0 fully saturated rings. The molecule has 0 saturated heterocycles. The Bertz CT molecular complexity index is 505. The Morgan fingerprint density at radius 1 is 1.48 bits per heavy atom. The highest BCUT2D eigenvalue weighted by atomic mass is 79.9. The van der Waals surface area contributed by atoms with Gasteiger partial charge < -0.3 is 15.8 Å². The van der Waals surface area contributed by atoms with Crippen LogP contribution in [0.15, 0.2) is 16.6 Å². The van der Waals surface area contributed by atoms with Gasteiger partial charge in [0.05, 0.1) is 6.61 Å². The van der Waals surface area contributed by atoms with Gasteiger partial charge in [-0.05, 0) is 43.0 Å². The zero-order valence-corrected chi connectivity index (χ0v) is 14.0. The van der Waals surface area contributed by atoms with Gasteiger partial charge in [-0.1, -0.05) is 22.9 Å². The minimum absolute atomic E-state index is 0.0885. The molecule has 0 aliphatic carbocycles. The van der Waals surface area contributed by atoms with Gasteiger partial charge in [-0.2, -0.15) is 0 Å². The molecule has 0 radical (unpaired) electrons. The molecule has 1 aromatic carbocycles. The van der Waals surface area contributed by atoms with Gasteiger partial charge >= 0.3 is 0 Å². The van der Waals surface area contributed by atoms with Crippen molar-refractivity contribution in [1.29, 1.82) is 0 Å². The van der Waals surface area contributed by atoms with Gasteiger partial charge in [0.1, 0.15) is 5.75 Å². The van der Waals surface area contributed by atoms with Crippen LogP contribution in [0.1, 0.15) is 37.3 Å². The van der Waals surface area contributed by atoms with E-state index in [1.807, 2.05) is 6.07 Å². The van der Waals surface area contributed by atoms with E-state index in [0.29, 0.717) is 25.4 Å². The molecule has 3 N–H and O–H groups in total. The fraction of sp³-hybridized carbons (Fsp3) is 0.562. The van der Waals surface area contributed by atoms with E-state index in [1.165, 1.54) is 5.56 Å². The minimum atomic E-state index is 0.0885. The molecule has 1 amide bonds. The van der Waals surface area contributed by atoms with Crippen LogP contribution in [0, 0.1) is 5.92 Å². The van der Waals surface area contributed by atoms with E-state index in [1.54, 1.807) is 0 Å². The molecule has 21 heavy (non-hydrogen) atoms. The predicted octanol–water partition coefficient (Wildman–Crippen LogP) is 2.77. The lowest BCUT2D eigenvalue weighted by molar-refractivity contribution is -0.121. The van der Waals surface area contributed by atoms with Crippen molar-refractivity contribution in [3.63, 3.8) is 0 Å². The van der Waals surface area contributed by atoms with E-state index >= 15 is 0 Å². The molecule has 5 heteroatoms. The summed E-state index contributed by atoms with van der Waals surface area (Å²) in [6.07, 6.45) is 3.35. The number of amides is 1. The lowest BCUT2D eigenvalue weighted by atomic mass is 10.0. The van der Waals surface area contributed by atoms with Gasteiger partial charge in [0.2, 0.25) is 5.91 Å². The minimum Gasteiger partial charge on any atom is -0.493 e. The maximum absolute atomic E-state index is 11.9. The number of nitrogens with one attached hydrogen (secondary N) is 1. The summed E-state index contributed by atoms with van der Waals surface area (Å²) in [5, 5.41) is 2.98. The summed E-state index contributed by atoms with van der Waals surface area (Å²) < 4.78 is 6.70. The number of ether oxygens (including phenoxy) is 1. The first-order chi connectivity index (χ1) is 10.1. The van der Waals surface area contributed by atoms with E-state index in [-0.39, 0.29) is 5.91 Å². The van der Waals surface area contributed by atoms with Crippen LogP contribution in [0.2, 0.25) is 0 Å². The van der Waals surface area contributed by atoms with Gasteiger partial charge in [0.15, 0.2) is 0 Å². The summed E-state index contributed by atoms with van der Waals surface area (Å²) in [7, 11) is 0. The predicted molar refractivity (Wildman–Crippen MR) is 87.3 cm³/mol. The van der Waals surface area contributed by atoms with Gasteiger partial charge in [-0.25, -0.2) is 0 Å². The van der Waals surface area contributed by atoms with Crippen LogP contribution in [0.25, 0.3) is 0 Å². The zero-order chi connectivity index (χ0) is 15.2. The summed E-state index contributed by atoms with van der Waals surface area (Å²) in [5.74, 6) is 1.53. The lowest BCUT2D eigenvalue weighted by Crippen LogP contribution is -2.23. The summed E-state index contributed by atoms with van der Waals surface area (Å²) in [4.78, 5) is 11.9. The highest BCUT2D eigenvalue weighted by Crippen LogP contribution is 2.32. The van der Waals surface area contributed by atoms with Crippen LogP contribution in [-0.4, -0.2) is 19.1 Å². The molecule has 1 aliphatic rings.